The van der Waals surface area contributed by atoms with Crippen molar-refractivity contribution in [3.05, 3.63) is 12.7 Å². The van der Waals surface area contributed by atoms with Gasteiger partial charge in [0.05, 0.1) is 6.61 Å². The normalized spacial score (nSPS) is 15.5. The Hall–Kier alpha value is -0.340. The lowest BCUT2D eigenvalue weighted by Gasteiger charge is -2.22. The second-order valence-electron chi connectivity index (χ2n) is 4.56. The Balaban J connectivity index is 3.48. The number of aliphatic hydroxyl groups excluding tert-OH is 1. The van der Waals surface area contributed by atoms with E-state index in [2.05, 4.69) is 20.4 Å². The van der Waals surface area contributed by atoms with Gasteiger partial charge in [-0.2, -0.15) is 0 Å². The number of hydrogen-bond donors (Lipinski definition) is 1. The maximum atomic E-state index is 9.10. The Kier molecular flexibility index (Phi) is 6.85. The second kappa shape index (κ2) is 7.02. The molecule has 0 aliphatic heterocycles. The topological polar surface area (TPSA) is 29.5 Å². The maximum absolute atomic E-state index is 9.10. The van der Waals surface area contributed by atoms with Crippen molar-refractivity contribution in [1.29, 1.82) is 0 Å². The molecule has 0 aromatic carbocycles. The Bertz CT molecular complexity index is 154. The molecule has 1 atom stereocenters. The van der Waals surface area contributed by atoms with Gasteiger partial charge in [0.2, 0.25) is 0 Å². The molecular formula is C12H24O2. The molecule has 0 radical (unpaired) electrons. The molecule has 2 nitrogen and oxygen atoms in total. The minimum absolute atomic E-state index is 0.143. The van der Waals surface area contributed by atoms with Crippen molar-refractivity contribution in [3.63, 3.8) is 0 Å². The van der Waals surface area contributed by atoms with E-state index in [4.69, 9.17) is 9.84 Å². The van der Waals surface area contributed by atoms with Crippen LogP contribution in [-0.2, 0) is 4.74 Å². The van der Waals surface area contributed by atoms with E-state index in [1.165, 1.54) is 0 Å². The molecule has 14 heavy (non-hydrogen) atoms. The second-order valence-corrected chi connectivity index (χ2v) is 4.56. The first-order chi connectivity index (χ1) is 6.54. The van der Waals surface area contributed by atoms with Crippen molar-refractivity contribution in [2.45, 2.75) is 33.6 Å². The highest BCUT2D eigenvalue weighted by Crippen LogP contribution is 2.21. The Morgan fingerprint density at radius 1 is 1.43 bits per heavy atom. The quantitative estimate of drug-likeness (QED) is 0.482. The standard InChI is InChI=1S/C12H24O2/c1-5-12(4,10-13)7-9-14-8-6-11(2)3/h5,11,13H,1,6-10H2,2-4H3. The highest BCUT2D eigenvalue weighted by molar-refractivity contribution is 4.90. The Labute approximate surface area is 88.0 Å². The zero-order chi connectivity index (χ0) is 11.0. The SMILES string of the molecule is C=CC(C)(CO)CCOCCC(C)C. The zero-order valence-corrected chi connectivity index (χ0v) is 9.75. The van der Waals surface area contributed by atoms with Crippen molar-refractivity contribution < 1.29 is 9.84 Å². The summed E-state index contributed by atoms with van der Waals surface area (Å²) in [6.45, 7) is 11.7. The third-order valence-electron chi connectivity index (χ3n) is 2.51. The highest BCUT2D eigenvalue weighted by Gasteiger charge is 2.18. The first-order valence-corrected chi connectivity index (χ1v) is 5.36. The molecule has 0 amide bonds. The summed E-state index contributed by atoms with van der Waals surface area (Å²) >= 11 is 0. The third kappa shape index (κ3) is 6.17. The smallest absolute Gasteiger partial charge is 0.0520 e. The zero-order valence-electron chi connectivity index (χ0n) is 9.75. The molecule has 0 aromatic rings. The molecular weight excluding hydrogens is 176 g/mol. The lowest BCUT2D eigenvalue weighted by molar-refractivity contribution is 0.0824. The van der Waals surface area contributed by atoms with Gasteiger partial charge >= 0.3 is 0 Å². The summed E-state index contributed by atoms with van der Waals surface area (Å²) in [6.07, 6.45) is 3.74. The first kappa shape index (κ1) is 13.7. The average Bonchev–Trinajstić information content (AvgIpc) is 2.16. The van der Waals surface area contributed by atoms with E-state index in [-0.39, 0.29) is 12.0 Å². The molecule has 0 fully saturated rings. The van der Waals surface area contributed by atoms with Gasteiger partial charge in [0.15, 0.2) is 0 Å². The largest absolute Gasteiger partial charge is 0.395 e. The van der Waals surface area contributed by atoms with Crippen LogP contribution in [-0.4, -0.2) is 24.9 Å². The van der Waals surface area contributed by atoms with E-state index in [9.17, 15) is 0 Å². The monoisotopic (exact) mass is 200 g/mol. The minimum atomic E-state index is -0.183. The summed E-state index contributed by atoms with van der Waals surface area (Å²) in [7, 11) is 0. The van der Waals surface area contributed by atoms with Gasteiger partial charge in [-0.3, -0.25) is 0 Å². The molecule has 0 aromatic heterocycles. The summed E-state index contributed by atoms with van der Waals surface area (Å²) in [5.41, 5.74) is -0.183. The fourth-order valence-corrected chi connectivity index (χ4v) is 0.972. The van der Waals surface area contributed by atoms with E-state index in [1.807, 2.05) is 6.92 Å². The van der Waals surface area contributed by atoms with Gasteiger partial charge in [-0.1, -0.05) is 26.8 Å². The van der Waals surface area contributed by atoms with Crippen LogP contribution in [0.2, 0.25) is 0 Å². The van der Waals surface area contributed by atoms with E-state index < -0.39 is 0 Å². The van der Waals surface area contributed by atoms with E-state index in [0.29, 0.717) is 12.5 Å². The summed E-state index contributed by atoms with van der Waals surface area (Å²) in [5.74, 6) is 0.693. The Morgan fingerprint density at radius 2 is 2.07 bits per heavy atom. The van der Waals surface area contributed by atoms with Crippen LogP contribution in [0.5, 0.6) is 0 Å². The molecule has 0 heterocycles. The Morgan fingerprint density at radius 3 is 2.50 bits per heavy atom. The summed E-state index contributed by atoms with van der Waals surface area (Å²) in [6, 6.07) is 0. The van der Waals surface area contributed by atoms with Gasteiger partial charge in [0.25, 0.3) is 0 Å². The summed E-state index contributed by atoms with van der Waals surface area (Å²) < 4.78 is 5.48. The van der Waals surface area contributed by atoms with Gasteiger partial charge in [0.1, 0.15) is 0 Å². The van der Waals surface area contributed by atoms with Crippen LogP contribution >= 0.6 is 0 Å². The van der Waals surface area contributed by atoms with Crippen LogP contribution in [0.4, 0.5) is 0 Å². The number of aliphatic hydroxyl groups is 1. The van der Waals surface area contributed by atoms with Gasteiger partial charge in [-0.25, -0.2) is 0 Å². The fourth-order valence-electron chi connectivity index (χ4n) is 0.972. The van der Waals surface area contributed by atoms with Crippen LogP contribution < -0.4 is 0 Å². The number of rotatable bonds is 8. The lowest BCUT2D eigenvalue weighted by atomic mass is 9.88. The molecule has 0 rings (SSSR count). The molecule has 1 unspecified atom stereocenters. The molecule has 84 valence electrons. The predicted octanol–water partition coefficient (Wildman–Crippen LogP) is 2.62. The third-order valence-corrected chi connectivity index (χ3v) is 2.51. The van der Waals surface area contributed by atoms with Crippen molar-refractivity contribution in [3.8, 4) is 0 Å². The molecule has 1 N–H and O–H groups in total. The van der Waals surface area contributed by atoms with Crippen molar-refractivity contribution in [2.24, 2.45) is 11.3 Å². The number of ether oxygens (including phenoxy) is 1. The van der Waals surface area contributed by atoms with E-state index in [0.717, 1.165) is 19.4 Å². The van der Waals surface area contributed by atoms with Crippen LogP contribution in [0, 0.1) is 11.3 Å². The van der Waals surface area contributed by atoms with Crippen molar-refractivity contribution >= 4 is 0 Å². The first-order valence-electron chi connectivity index (χ1n) is 5.36. The summed E-state index contributed by atoms with van der Waals surface area (Å²) in [4.78, 5) is 0. The molecule has 0 spiro atoms. The van der Waals surface area contributed by atoms with Crippen molar-refractivity contribution in [1.82, 2.24) is 0 Å². The van der Waals surface area contributed by atoms with E-state index >= 15 is 0 Å². The molecule has 0 saturated heterocycles. The van der Waals surface area contributed by atoms with Gasteiger partial charge in [-0.05, 0) is 18.8 Å². The van der Waals surface area contributed by atoms with Crippen LogP contribution in [0.25, 0.3) is 0 Å². The van der Waals surface area contributed by atoms with Crippen LogP contribution in [0.15, 0.2) is 12.7 Å². The average molecular weight is 200 g/mol. The van der Waals surface area contributed by atoms with Gasteiger partial charge < -0.3 is 9.84 Å². The fraction of sp³-hybridized carbons (Fsp3) is 0.833. The van der Waals surface area contributed by atoms with Gasteiger partial charge in [0, 0.05) is 18.6 Å². The van der Waals surface area contributed by atoms with Gasteiger partial charge in [-0.15, -0.1) is 6.58 Å². The van der Waals surface area contributed by atoms with Crippen LogP contribution in [0.3, 0.4) is 0 Å². The number of hydrogen-bond acceptors (Lipinski definition) is 2. The highest BCUT2D eigenvalue weighted by atomic mass is 16.5. The summed E-state index contributed by atoms with van der Waals surface area (Å²) in [5, 5.41) is 9.10. The lowest BCUT2D eigenvalue weighted by Crippen LogP contribution is -2.20. The molecule has 0 aliphatic rings. The maximum Gasteiger partial charge on any atom is 0.0520 e. The minimum Gasteiger partial charge on any atom is -0.395 e. The van der Waals surface area contributed by atoms with Crippen LogP contribution in [0.1, 0.15) is 33.6 Å². The van der Waals surface area contributed by atoms with Crippen molar-refractivity contribution in [2.75, 3.05) is 19.8 Å². The van der Waals surface area contributed by atoms with E-state index in [1.54, 1.807) is 6.08 Å². The molecule has 0 aliphatic carbocycles. The molecule has 0 bridgehead atoms. The predicted molar refractivity (Wildman–Crippen MR) is 60.3 cm³/mol. The molecule has 2 heteroatoms. The molecule has 0 saturated carbocycles.